The fourth-order valence-electron chi connectivity index (χ4n) is 1.79. The Balaban J connectivity index is 1.86. The zero-order chi connectivity index (χ0) is 14.1. The van der Waals surface area contributed by atoms with E-state index >= 15 is 0 Å². The van der Waals surface area contributed by atoms with Crippen molar-refractivity contribution in [3.63, 3.8) is 0 Å². The summed E-state index contributed by atoms with van der Waals surface area (Å²) in [7, 11) is 0. The maximum Gasteiger partial charge on any atom is 0.298 e. The third-order valence-corrected chi connectivity index (χ3v) is 2.65. The Labute approximate surface area is 112 Å². The third-order valence-electron chi connectivity index (χ3n) is 2.65. The highest BCUT2D eigenvalue weighted by Crippen LogP contribution is 2.27. The molecule has 0 amide bonds. The van der Waals surface area contributed by atoms with Crippen LogP contribution in [0.15, 0.2) is 33.2 Å². The molecule has 0 bridgehead atoms. The van der Waals surface area contributed by atoms with Gasteiger partial charge in [0.1, 0.15) is 5.76 Å². The van der Waals surface area contributed by atoms with Crippen molar-refractivity contribution in [2.24, 2.45) is 0 Å². The van der Waals surface area contributed by atoms with Crippen molar-refractivity contribution >= 4 is 22.8 Å². The molecule has 0 atom stereocenters. The van der Waals surface area contributed by atoms with Gasteiger partial charge in [0.2, 0.25) is 5.89 Å². The number of nitro groups is 1. The number of nitro benzene ring substituents is 1. The first-order valence-corrected chi connectivity index (χ1v) is 5.82. The molecule has 102 valence electrons. The van der Waals surface area contributed by atoms with Crippen molar-refractivity contribution in [3.05, 3.63) is 46.2 Å². The standard InChI is InChI=1S/C12H10N4O4/c1-7-5-13-10(19-7)6-14-12-15-11-8(16(17)18)3-2-4-9(11)20-12/h2-5H,6H2,1H3,(H,14,15). The smallest absolute Gasteiger partial charge is 0.298 e. The Bertz CT molecular complexity index is 777. The molecular formula is C12H10N4O4. The van der Waals surface area contributed by atoms with Crippen LogP contribution in [0.2, 0.25) is 0 Å². The molecule has 0 aliphatic rings. The Morgan fingerprint density at radius 2 is 2.25 bits per heavy atom. The van der Waals surface area contributed by atoms with Crippen LogP contribution in [0.5, 0.6) is 0 Å². The largest absolute Gasteiger partial charge is 0.444 e. The quantitative estimate of drug-likeness (QED) is 0.575. The minimum Gasteiger partial charge on any atom is -0.444 e. The predicted molar refractivity (Wildman–Crippen MR) is 69.2 cm³/mol. The van der Waals surface area contributed by atoms with Crippen molar-refractivity contribution in [1.29, 1.82) is 0 Å². The first kappa shape index (κ1) is 12.2. The second kappa shape index (κ2) is 4.65. The fourth-order valence-corrected chi connectivity index (χ4v) is 1.79. The first-order chi connectivity index (χ1) is 9.63. The van der Waals surface area contributed by atoms with Crippen LogP contribution < -0.4 is 5.32 Å². The number of hydrogen-bond donors (Lipinski definition) is 1. The molecule has 2 heterocycles. The van der Waals surface area contributed by atoms with E-state index in [1.54, 1.807) is 25.3 Å². The number of aromatic nitrogens is 2. The number of non-ortho nitro benzene ring substituents is 1. The number of nitrogens with zero attached hydrogens (tertiary/aromatic N) is 3. The summed E-state index contributed by atoms with van der Waals surface area (Å²) in [5.41, 5.74) is 0.472. The molecule has 0 fully saturated rings. The summed E-state index contributed by atoms with van der Waals surface area (Å²) >= 11 is 0. The summed E-state index contributed by atoms with van der Waals surface area (Å²) in [6.45, 7) is 2.08. The van der Waals surface area contributed by atoms with Gasteiger partial charge in [-0.05, 0) is 13.0 Å². The molecule has 3 rings (SSSR count). The zero-order valence-corrected chi connectivity index (χ0v) is 10.5. The first-order valence-electron chi connectivity index (χ1n) is 5.82. The number of hydrogen-bond acceptors (Lipinski definition) is 7. The molecule has 0 radical (unpaired) electrons. The highest BCUT2D eigenvalue weighted by atomic mass is 16.6. The lowest BCUT2D eigenvalue weighted by Gasteiger charge is -1.95. The summed E-state index contributed by atoms with van der Waals surface area (Å²) in [5.74, 6) is 1.19. The Morgan fingerprint density at radius 1 is 1.40 bits per heavy atom. The number of benzene rings is 1. The highest BCUT2D eigenvalue weighted by Gasteiger charge is 2.17. The van der Waals surface area contributed by atoms with Gasteiger partial charge in [0, 0.05) is 6.07 Å². The molecule has 1 aromatic carbocycles. The van der Waals surface area contributed by atoms with Gasteiger partial charge in [0.25, 0.3) is 11.7 Å². The number of para-hydroxylation sites is 1. The van der Waals surface area contributed by atoms with Crippen molar-refractivity contribution in [2.45, 2.75) is 13.5 Å². The van der Waals surface area contributed by atoms with Crippen LogP contribution in [0.25, 0.3) is 11.1 Å². The molecule has 0 spiro atoms. The molecule has 0 saturated heterocycles. The molecule has 0 aliphatic heterocycles. The van der Waals surface area contributed by atoms with Crippen molar-refractivity contribution in [1.82, 2.24) is 9.97 Å². The normalized spacial score (nSPS) is 10.8. The number of rotatable bonds is 4. The molecule has 0 unspecified atom stereocenters. The van der Waals surface area contributed by atoms with E-state index in [1.807, 2.05) is 0 Å². The van der Waals surface area contributed by atoms with Crippen LogP contribution in [-0.4, -0.2) is 14.9 Å². The van der Waals surface area contributed by atoms with Crippen LogP contribution in [0.3, 0.4) is 0 Å². The maximum atomic E-state index is 10.9. The summed E-state index contributed by atoms with van der Waals surface area (Å²) in [6.07, 6.45) is 1.61. The summed E-state index contributed by atoms with van der Waals surface area (Å²) < 4.78 is 10.7. The van der Waals surface area contributed by atoms with Crippen molar-refractivity contribution < 1.29 is 13.8 Å². The minimum atomic E-state index is -0.494. The SMILES string of the molecule is Cc1cnc(CNc2nc3c([N+](=O)[O-])cccc3o2)o1. The number of aryl methyl sites for hydroxylation is 1. The van der Waals surface area contributed by atoms with E-state index in [2.05, 4.69) is 15.3 Å². The van der Waals surface area contributed by atoms with Gasteiger partial charge in [-0.3, -0.25) is 10.1 Å². The van der Waals surface area contributed by atoms with Gasteiger partial charge in [0.05, 0.1) is 17.7 Å². The van der Waals surface area contributed by atoms with Crippen molar-refractivity contribution in [3.8, 4) is 0 Å². The molecule has 20 heavy (non-hydrogen) atoms. The second-order valence-electron chi connectivity index (χ2n) is 4.12. The topological polar surface area (TPSA) is 107 Å². The van der Waals surface area contributed by atoms with Gasteiger partial charge in [-0.25, -0.2) is 4.98 Å². The molecular weight excluding hydrogens is 264 g/mol. The lowest BCUT2D eigenvalue weighted by molar-refractivity contribution is -0.383. The van der Waals surface area contributed by atoms with E-state index < -0.39 is 4.92 Å². The number of oxazole rings is 2. The fraction of sp³-hybridized carbons (Fsp3) is 0.167. The monoisotopic (exact) mass is 274 g/mol. The summed E-state index contributed by atoms with van der Waals surface area (Å²) in [5, 5.41) is 13.8. The van der Waals surface area contributed by atoms with E-state index in [9.17, 15) is 10.1 Å². The van der Waals surface area contributed by atoms with E-state index in [0.29, 0.717) is 17.2 Å². The molecule has 1 N–H and O–H groups in total. The van der Waals surface area contributed by atoms with Gasteiger partial charge < -0.3 is 14.2 Å². The average Bonchev–Trinajstić information content (AvgIpc) is 3.01. The van der Waals surface area contributed by atoms with Crippen LogP contribution >= 0.6 is 0 Å². The number of fused-ring (bicyclic) bond motifs is 1. The van der Waals surface area contributed by atoms with Crippen LogP contribution in [0.1, 0.15) is 11.7 Å². The van der Waals surface area contributed by atoms with Crippen molar-refractivity contribution in [2.75, 3.05) is 5.32 Å². The van der Waals surface area contributed by atoms with E-state index in [1.165, 1.54) is 6.07 Å². The van der Waals surface area contributed by atoms with E-state index in [4.69, 9.17) is 8.83 Å². The Morgan fingerprint density at radius 3 is 2.95 bits per heavy atom. The second-order valence-corrected chi connectivity index (χ2v) is 4.12. The van der Waals surface area contributed by atoms with Gasteiger partial charge in [-0.15, -0.1) is 0 Å². The Hall–Kier alpha value is -2.90. The van der Waals surface area contributed by atoms with Crippen LogP contribution in [0.4, 0.5) is 11.7 Å². The third kappa shape index (κ3) is 2.18. The molecule has 0 saturated carbocycles. The van der Waals surface area contributed by atoms with Crippen LogP contribution in [-0.2, 0) is 6.54 Å². The van der Waals surface area contributed by atoms with E-state index in [0.717, 1.165) is 0 Å². The van der Waals surface area contributed by atoms with E-state index in [-0.39, 0.29) is 23.8 Å². The average molecular weight is 274 g/mol. The maximum absolute atomic E-state index is 10.9. The van der Waals surface area contributed by atoms with Gasteiger partial charge >= 0.3 is 0 Å². The summed E-state index contributed by atoms with van der Waals surface area (Å²) in [6, 6.07) is 4.74. The predicted octanol–water partition coefficient (Wildman–Crippen LogP) is 2.64. The van der Waals surface area contributed by atoms with Gasteiger partial charge in [-0.2, -0.15) is 4.98 Å². The molecule has 0 aliphatic carbocycles. The Kier molecular flexibility index (Phi) is 2.82. The zero-order valence-electron chi connectivity index (χ0n) is 10.5. The number of anilines is 1. The minimum absolute atomic E-state index is 0.0914. The lowest BCUT2D eigenvalue weighted by atomic mass is 10.3. The van der Waals surface area contributed by atoms with Crippen LogP contribution in [0, 0.1) is 17.0 Å². The highest BCUT2D eigenvalue weighted by molar-refractivity contribution is 5.83. The lowest BCUT2D eigenvalue weighted by Crippen LogP contribution is -1.99. The van der Waals surface area contributed by atoms with Gasteiger partial charge in [0.15, 0.2) is 11.1 Å². The molecule has 8 heteroatoms. The molecule has 3 aromatic rings. The molecule has 8 nitrogen and oxygen atoms in total. The summed E-state index contributed by atoms with van der Waals surface area (Å²) in [4.78, 5) is 18.5. The van der Waals surface area contributed by atoms with Gasteiger partial charge in [-0.1, -0.05) is 6.07 Å². The number of nitrogens with one attached hydrogen (secondary N) is 1. The molecule has 2 aromatic heterocycles.